The van der Waals surface area contributed by atoms with E-state index in [0.717, 1.165) is 6.42 Å². The Labute approximate surface area is 169 Å². The van der Waals surface area contributed by atoms with Gasteiger partial charge in [-0.2, -0.15) is 0 Å². The summed E-state index contributed by atoms with van der Waals surface area (Å²) in [6.45, 7) is 7.27. The van der Waals surface area contributed by atoms with E-state index in [1.807, 2.05) is 25.3 Å². The fraction of sp³-hybridized carbons (Fsp3) is 0.632. The Morgan fingerprint density at radius 2 is 2.07 bits per heavy atom. The Morgan fingerprint density at radius 3 is 2.83 bits per heavy atom. The molecule has 2 N–H and O–H groups in total. The number of ether oxygens (including phenoxy) is 2. The number of amides is 1. The predicted octanol–water partition coefficient (Wildman–Crippen LogP) is 1.99. The van der Waals surface area contributed by atoms with Gasteiger partial charge in [0.1, 0.15) is 17.4 Å². The summed E-state index contributed by atoms with van der Waals surface area (Å²) in [6, 6.07) is 0. The Balaban J connectivity index is 1.45. The van der Waals surface area contributed by atoms with Crippen LogP contribution in [0.4, 0.5) is 10.6 Å². The van der Waals surface area contributed by atoms with Gasteiger partial charge in [0.15, 0.2) is 11.5 Å². The van der Waals surface area contributed by atoms with Gasteiger partial charge in [-0.25, -0.2) is 19.7 Å². The van der Waals surface area contributed by atoms with Crippen molar-refractivity contribution in [3.8, 4) is 0 Å². The maximum absolute atomic E-state index is 12.4. The molecule has 0 radical (unpaired) electrons. The Bertz CT molecular complexity index is 875. The maximum Gasteiger partial charge on any atom is 0.410 e. The Kier molecular flexibility index (Phi) is 6.19. The van der Waals surface area contributed by atoms with Crippen LogP contribution in [0.25, 0.3) is 11.2 Å². The maximum atomic E-state index is 12.4. The molecule has 2 aromatic rings. The van der Waals surface area contributed by atoms with Gasteiger partial charge in [-0.15, -0.1) is 0 Å². The van der Waals surface area contributed by atoms with Crippen molar-refractivity contribution < 1.29 is 19.1 Å². The van der Waals surface area contributed by atoms with Crippen molar-refractivity contribution in [3.05, 3.63) is 12.7 Å². The van der Waals surface area contributed by atoms with E-state index in [2.05, 4.69) is 15.0 Å². The molecule has 2 aromatic heterocycles. The second-order valence-electron chi connectivity index (χ2n) is 8.16. The largest absolute Gasteiger partial charge is 0.465 e. The lowest BCUT2D eigenvalue weighted by atomic mass is 9.98. The number of anilines is 1. The molecule has 0 bridgehead atoms. The van der Waals surface area contributed by atoms with Crippen LogP contribution >= 0.6 is 0 Å². The van der Waals surface area contributed by atoms with Crippen LogP contribution < -0.4 is 5.73 Å². The number of imidazole rings is 1. The average molecular weight is 404 g/mol. The summed E-state index contributed by atoms with van der Waals surface area (Å²) in [5.41, 5.74) is 6.44. The fourth-order valence-electron chi connectivity index (χ4n) is 3.25. The third kappa shape index (κ3) is 5.33. The molecule has 158 valence electrons. The van der Waals surface area contributed by atoms with Crippen molar-refractivity contribution in [2.24, 2.45) is 5.92 Å². The van der Waals surface area contributed by atoms with Crippen LogP contribution in [0.1, 0.15) is 40.0 Å². The summed E-state index contributed by atoms with van der Waals surface area (Å²) < 4.78 is 12.7. The van der Waals surface area contributed by atoms with Crippen molar-refractivity contribution in [1.29, 1.82) is 0 Å². The van der Waals surface area contributed by atoms with E-state index in [1.54, 1.807) is 11.2 Å². The molecule has 29 heavy (non-hydrogen) atoms. The molecule has 1 atom stereocenters. The summed E-state index contributed by atoms with van der Waals surface area (Å²) in [5.74, 6) is -0.259. The average Bonchev–Trinajstić information content (AvgIpc) is 3.08. The number of nitrogens with two attached hydrogens (primary N) is 1. The van der Waals surface area contributed by atoms with Crippen molar-refractivity contribution in [1.82, 2.24) is 24.4 Å². The van der Waals surface area contributed by atoms with Crippen LogP contribution in [0.3, 0.4) is 0 Å². The first-order valence-electron chi connectivity index (χ1n) is 9.80. The minimum absolute atomic E-state index is 0.277. The molecule has 3 rings (SSSR count). The number of aromatic nitrogens is 4. The summed E-state index contributed by atoms with van der Waals surface area (Å²) in [6.07, 6.45) is 4.74. The predicted molar refractivity (Wildman–Crippen MR) is 106 cm³/mol. The van der Waals surface area contributed by atoms with E-state index in [-0.39, 0.29) is 24.6 Å². The number of carbonyl (C=O) groups is 2. The highest BCUT2D eigenvalue weighted by Gasteiger charge is 2.31. The minimum Gasteiger partial charge on any atom is -0.465 e. The third-order valence-corrected chi connectivity index (χ3v) is 4.62. The fourth-order valence-corrected chi connectivity index (χ4v) is 3.25. The zero-order chi connectivity index (χ0) is 21.0. The topological polar surface area (TPSA) is 125 Å². The molecular weight excluding hydrogens is 376 g/mol. The van der Waals surface area contributed by atoms with Crippen LogP contribution in [-0.4, -0.2) is 61.8 Å². The number of carbonyl (C=O) groups excluding carboxylic acids is 2. The number of rotatable bonds is 5. The van der Waals surface area contributed by atoms with Gasteiger partial charge in [-0.1, -0.05) is 0 Å². The second-order valence-corrected chi connectivity index (χ2v) is 8.16. The van der Waals surface area contributed by atoms with E-state index in [4.69, 9.17) is 15.2 Å². The van der Waals surface area contributed by atoms with Gasteiger partial charge in [-0.05, 0) is 40.0 Å². The highest BCUT2D eigenvalue weighted by molar-refractivity contribution is 5.81. The van der Waals surface area contributed by atoms with Gasteiger partial charge in [0.05, 0.1) is 18.9 Å². The first-order chi connectivity index (χ1) is 13.7. The number of aryl methyl sites for hydroxylation is 1. The van der Waals surface area contributed by atoms with Gasteiger partial charge < -0.3 is 24.7 Å². The summed E-state index contributed by atoms with van der Waals surface area (Å²) in [5, 5.41) is 0. The van der Waals surface area contributed by atoms with Crippen LogP contribution in [0, 0.1) is 5.92 Å². The van der Waals surface area contributed by atoms with Gasteiger partial charge >= 0.3 is 12.1 Å². The Morgan fingerprint density at radius 1 is 1.28 bits per heavy atom. The summed E-state index contributed by atoms with van der Waals surface area (Å²) in [4.78, 5) is 38.5. The molecule has 3 heterocycles. The monoisotopic (exact) mass is 404 g/mol. The first-order valence-corrected chi connectivity index (χ1v) is 9.80. The molecule has 0 spiro atoms. The third-order valence-electron chi connectivity index (χ3n) is 4.62. The number of nitrogen functional groups attached to an aromatic ring is 1. The summed E-state index contributed by atoms with van der Waals surface area (Å²) in [7, 11) is 0. The van der Waals surface area contributed by atoms with Gasteiger partial charge in [0, 0.05) is 19.6 Å². The number of fused-ring (bicyclic) bond motifs is 1. The van der Waals surface area contributed by atoms with E-state index >= 15 is 0 Å². The molecule has 1 aliphatic heterocycles. The van der Waals surface area contributed by atoms with Gasteiger partial charge in [0.2, 0.25) is 0 Å². The molecule has 0 aliphatic carbocycles. The van der Waals surface area contributed by atoms with Gasteiger partial charge in [-0.3, -0.25) is 4.79 Å². The SMILES string of the molecule is CC(C)(C)OC(=O)N1CCCC(C(=O)OCCCn2cnc3c(N)ncnc32)C1. The number of esters is 1. The quantitative estimate of drug-likeness (QED) is 0.592. The molecule has 0 aromatic carbocycles. The minimum atomic E-state index is -0.558. The number of nitrogens with zero attached hydrogens (tertiary/aromatic N) is 5. The van der Waals surface area contributed by atoms with E-state index in [1.165, 1.54) is 6.33 Å². The zero-order valence-corrected chi connectivity index (χ0v) is 17.1. The molecule has 1 aliphatic rings. The molecule has 1 amide bonds. The lowest BCUT2D eigenvalue weighted by Crippen LogP contribution is -2.45. The lowest BCUT2D eigenvalue weighted by molar-refractivity contribution is -0.150. The molecule has 10 heteroatoms. The normalized spacial score (nSPS) is 17.3. The van der Waals surface area contributed by atoms with Crippen molar-refractivity contribution in [3.63, 3.8) is 0 Å². The number of hydrogen-bond donors (Lipinski definition) is 1. The van der Waals surface area contributed by atoms with Crippen LogP contribution in [0.15, 0.2) is 12.7 Å². The Hall–Kier alpha value is -2.91. The second kappa shape index (κ2) is 8.62. The highest BCUT2D eigenvalue weighted by atomic mass is 16.6. The molecule has 1 fully saturated rings. The number of hydrogen-bond acceptors (Lipinski definition) is 8. The summed E-state index contributed by atoms with van der Waals surface area (Å²) >= 11 is 0. The van der Waals surface area contributed by atoms with E-state index in [9.17, 15) is 9.59 Å². The first kappa shape index (κ1) is 20.8. The highest BCUT2D eigenvalue weighted by Crippen LogP contribution is 2.21. The molecule has 1 unspecified atom stereocenters. The van der Waals surface area contributed by atoms with Crippen LogP contribution in [0.2, 0.25) is 0 Å². The lowest BCUT2D eigenvalue weighted by Gasteiger charge is -2.33. The number of likely N-dealkylation sites (tertiary alicyclic amines) is 1. The molecular formula is C19H28N6O4. The van der Waals surface area contributed by atoms with Gasteiger partial charge in [0.25, 0.3) is 0 Å². The van der Waals surface area contributed by atoms with Crippen LogP contribution in [0.5, 0.6) is 0 Å². The zero-order valence-electron chi connectivity index (χ0n) is 17.1. The van der Waals surface area contributed by atoms with Crippen molar-refractivity contribution in [2.75, 3.05) is 25.4 Å². The molecule has 1 saturated heterocycles. The van der Waals surface area contributed by atoms with Crippen molar-refractivity contribution in [2.45, 2.75) is 52.2 Å². The van der Waals surface area contributed by atoms with E-state index < -0.39 is 5.60 Å². The molecule has 0 saturated carbocycles. The standard InChI is InChI=1S/C19H28N6O4/c1-19(2,3)29-18(27)24-7-4-6-13(10-24)17(26)28-9-5-8-25-12-23-14-15(20)21-11-22-16(14)25/h11-13H,4-10H2,1-3H3,(H2,20,21,22). The smallest absolute Gasteiger partial charge is 0.410 e. The number of piperidine rings is 1. The van der Waals surface area contributed by atoms with E-state index in [0.29, 0.717) is 49.5 Å². The van der Waals surface area contributed by atoms with Crippen molar-refractivity contribution >= 4 is 29.0 Å². The van der Waals surface area contributed by atoms with Crippen LogP contribution in [-0.2, 0) is 20.8 Å². The molecule has 10 nitrogen and oxygen atoms in total.